The van der Waals surface area contributed by atoms with Gasteiger partial charge in [-0.15, -0.1) is 0 Å². The Balaban J connectivity index is 1.49. The van der Waals surface area contributed by atoms with E-state index in [0.717, 1.165) is 25.9 Å². The normalized spacial score (nSPS) is 14.8. The number of benzene rings is 2. The molecule has 0 atom stereocenters. The number of piperidine rings is 1. The number of carbonyl (C=O) groups excluding carboxylic acids is 1. The molecule has 0 unspecified atom stereocenters. The van der Waals surface area contributed by atoms with Crippen molar-refractivity contribution >= 4 is 5.91 Å². The second-order valence-electron chi connectivity index (χ2n) is 7.25. The number of para-hydroxylation sites is 1. The number of ether oxygens (including phenoxy) is 1. The summed E-state index contributed by atoms with van der Waals surface area (Å²) in [6.45, 7) is 3.68. The van der Waals surface area contributed by atoms with Gasteiger partial charge in [-0.25, -0.2) is 4.39 Å². The molecule has 150 valence electrons. The molecule has 2 aromatic carbocycles. The van der Waals surface area contributed by atoms with Gasteiger partial charge in [0.15, 0.2) is 6.61 Å². The Morgan fingerprint density at radius 3 is 2.59 bits per heavy atom. The number of carbonyl (C=O) groups is 1. The highest BCUT2D eigenvalue weighted by molar-refractivity contribution is 5.78. The monoisotopic (exact) mass is 395 g/mol. The van der Waals surface area contributed by atoms with Crippen molar-refractivity contribution in [3.63, 3.8) is 0 Å². The second-order valence-corrected chi connectivity index (χ2v) is 7.25. The Hall–Kier alpha value is -3.22. The molecular weight excluding hydrogens is 373 g/mol. The van der Waals surface area contributed by atoms with Crippen LogP contribution in [0.25, 0.3) is 22.8 Å². The first-order chi connectivity index (χ1) is 14.1. The molecule has 0 radical (unpaired) electrons. The van der Waals surface area contributed by atoms with Crippen molar-refractivity contribution in [3.8, 4) is 28.6 Å². The number of hydrogen-bond donors (Lipinski definition) is 0. The summed E-state index contributed by atoms with van der Waals surface area (Å²) in [6.07, 6.45) is 2.04. The third-order valence-electron chi connectivity index (χ3n) is 5.15. The molecule has 0 N–H and O–H groups in total. The van der Waals surface area contributed by atoms with E-state index in [1.807, 2.05) is 17.0 Å². The van der Waals surface area contributed by atoms with Gasteiger partial charge in [0.1, 0.15) is 11.6 Å². The maximum absolute atomic E-state index is 14.0. The molecule has 2 heterocycles. The Bertz CT molecular complexity index is 996. The van der Waals surface area contributed by atoms with Crippen LogP contribution < -0.4 is 4.74 Å². The Kier molecular flexibility index (Phi) is 5.55. The molecule has 0 aliphatic carbocycles. The summed E-state index contributed by atoms with van der Waals surface area (Å²) in [5, 5.41) is 3.96. The van der Waals surface area contributed by atoms with Crippen molar-refractivity contribution in [1.82, 2.24) is 15.0 Å². The molecule has 6 nitrogen and oxygen atoms in total. The van der Waals surface area contributed by atoms with E-state index in [4.69, 9.17) is 9.26 Å². The number of likely N-dealkylation sites (tertiary alicyclic amines) is 1. The van der Waals surface area contributed by atoms with Gasteiger partial charge >= 0.3 is 0 Å². The van der Waals surface area contributed by atoms with Gasteiger partial charge < -0.3 is 14.2 Å². The largest absolute Gasteiger partial charge is 0.483 e. The minimum absolute atomic E-state index is 0.0353. The van der Waals surface area contributed by atoms with E-state index in [9.17, 15) is 9.18 Å². The number of hydrogen-bond acceptors (Lipinski definition) is 5. The van der Waals surface area contributed by atoms with Crippen LogP contribution in [-0.2, 0) is 4.79 Å². The highest BCUT2D eigenvalue weighted by Gasteiger charge is 2.22. The van der Waals surface area contributed by atoms with E-state index in [0.29, 0.717) is 17.2 Å². The first-order valence-electron chi connectivity index (χ1n) is 9.70. The molecule has 0 spiro atoms. The van der Waals surface area contributed by atoms with Crippen LogP contribution in [-0.4, -0.2) is 40.6 Å². The number of aromatic nitrogens is 2. The van der Waals surface area contributed by atoms with Crippen LogP contribution >= 0.6 is 0 Å². The second kappa shape index (κ2) is 8.43. The molecule has 0 bridgehead atoms. The van der Waals surface area contributed by atoms with Gasteiger partial charge in [0, 0.05) is 13.1 Å². The molecule has 1 fully saturated rings. The lowest BCUT2D eigenvalue weighted by atomic mass is 9.99. The smallest absolute Gasteiger partial charge is 0.261 e. The Morgan fingerprint density at radius 2 is 1.83 bits per heavy atom. The molecule has 3 aromatic rings. The highest BCUT2D eigenvalue weighted by atomic mass is 19.1. The van der Waals surface area contributed by atoms with Crippen molar-refractivity contribution in [3.05, 3.63) is 54.3 Å². The third kappa shape index (κ3) is 4.29. The molecule has 1 aliphatic heterocycles. The topological polar surface area (TPSA) is 68.5 Å². The summed E-state index contributed by atoms with van der Waals surface area (Å²) in [4.78, 5) is 18.6. The molecule has 4 rings (SSSR count). The number of halogens is 1. The third-order valence-corrected chi connectivity index (χ3v) is 5.15. The standard InChI is InChI=1S/C22H22FN3O3/c1-15-10-12-26(13-11-15)20(27)14-28-19-9-5-3-7-17(19)21-24-22(29-25-21)16-6-2-4-8-18(16)23/h2-9,15H,10-14H2,1H3. The summed E-state index contributed by atoms with van der Waals surface area (Å²) in [5.74, 6) is 1.03. The maximum Gasteiger partial charge on any atom is 0.261 e. The summed E-state index contributed by atoms with van der Waals surface area (Å²) in [7, 11) is 0. The van der Waals surface area contributed by atoms with Gasteiger partial charge in [-0.1, -0.05) is 36.3 Å². The van der Waals surface area contributed by atoms with Gasteiger partial charge in [0.2, 0.25) is 5.82 Å². The molecule has 1 amide bonds. The van der Waals surface area contributed by atoms with Crippen LogP contribution in [0.3, 0.4) is 0 Å². The molecule has 1 aromatic heterocycles. The van der Waals surface area contributed by atoms with Crippen LogP contribution in [0.15, 0.2) is 53.1 Å². The number of nitrogens with zero attached hydrogens (tertiary/aromatic N) is 3. The average molecular weight is 395 g/mol. The van der Waals surface area contributed by atoms with E-state index in [1.54, 1.807) is 30.3 Å². The molecule has 1 saturated heterocycles. The van der Waals surface area contributed by atoms with Crippen LogP contribution in [0.2, 0.25) is 0 Å². The number of amides is 1. The summed E-state index contributed by atoms with van der Waals surface area (Å²) in [6, 6.07) is 13.4. The summed E-state index contributed by atoms with van der Waals surface area (Å²) in [5.41, 5.74) is 0.818. The lowest BCUT2D eigenvalue weighted by Gasteiger charge is -2.30. The van der Waals surface area contributed by atoms with Gasteiger partial charge in [-0.2, -0.15) is 4.98 Å². The van der Waals surface area contributed by atoms with Crippen molar-refractivity contribution < 1.29 is 18.4 Å². The van der Waals surface area contributed by atoms with Crippen molar-refractivity contribution in [2.45, 2.75) is 19.8 Å². The molecule has 0 saturated carbocycles. The predicted molar refractivity (Wildman–Crippen MR) is 106 cm³/mol. The first kappa shape index (κ1) is 19.1. The van der Waals surface area contributed by atoms with Gasteiger partial charge in [-0.3, -0.25) is 4.79 Å². The van der Waals surface area contributed by atoms with E-state index >= 15 is 0 Å². The van der Waals surface area contributed by atoms with Crippen molar-refractivity contribution in [2.24, 2.45) is 5.92 Å². The van der Waals surface area contributed by atoms with Crippen LogP contribution in [0.5, 0.6) is 5.75 Å². The summed E-state index contributed by atoms with van der Waals surface area (Å²) < 4.78 is 25.0. The van der Waals surface area contributed by atoms with Crippen LogP contribution in [0, 0.1) is 11.7 Å². The van der Waals surface area contributed by atoms with E-state index in [1.165, 1.54) is 6.07 Å². The van der Waals surface area contributed by atoms with E-state index in [-0.39, 0.29) is 29.8 Å². The van der Waals surface area contributed by atoms with E-state index < -0.39 is 5.82 Å². The average Bonchev–Trinajstić information content (AvgIpc) is 3.23. The first-order valence-corrected chi connectivity index (χ1v) is 9.70. The SMILES string of the molecule is CC1CCN(C(=O)COc2ccccc2-c2noc(-c3ccccc3F)n2)CC1. The molecule has 7 heteroatoms. The molecular formula is C22H22FN3O3. The number of rotatable bonds is 5. The Labute approximate surface area is 168 Å². The van der Waals surface area contributed by atoms with Gasteiger partial charge in [-0.05, 0) is 43.0 Å². The predicted octanol–water partition coefficient (Wildman–Crippen LogP) is 4.18. The molecule has 1 aliphatic rings. The van der Waals surface area contributed by atoms with Gasteiger partial charge in [0.05, 0.1) is 11.1 Å². The maximum atomic E-state index is 14.0. The lowest BCUT2D eigenvalue weighted by Crippen LogP contribution is -2.40. The van der Waals surface area contributed by atoms with Gasteiger partial charge in [0.25, 0.3) is 11.8 Å². The zero-order valence-corrected chi connectivity index (χ0v) is 16.2. The fourth-order valence-corrected chi connectivity index (χ4v) is 3.34. The fourth-order valence-electron chi connectivity index (χ4n) is 3.34. The zero-order valence-electron chi connectivity index (χ0n) is 16.2. The van der Waals surface area contributed by atoms with Crippen LogP contribution in [0.4, 0.5) is 4.39 Å². The van der Waals surface area contributed by atoms with Crippen molar-refractivity contribution in [1.29, 1.82) is 0 Å². The van der Waals surface area contributed by atoms with Crippen LogP contribution in [0.1, 0.15) is 19.8 Å². The Morgan fingerprint density at radius 1 is 1.14 bits per heavy atom. The zero-order chi connectivity index (χ0) is 20.2. The van der Waals surface area contributed by atoms with E-state index in [2.05, 4.69) is 17.1 Å². The lowest BCUT2D eigenvalue weighted by molar-refractivity contribution is -0.134. The fraction of sp³-hybridized carbons (Fsp3) is 0.318. The molecule has 29 heavy (non-hydrogen) atoms. The quantitative estimate of drug-likeness (QED) is 0.648. The minimum Gasteiger partial charge on any atom is -0.483 e. The minimum atomic E-state index is -0.436. The summed E-state index contributed by atoms with van der Waals surface area (Å²) >= 11 is 0. The highest BCUT2D eigenvalue weighted by Crippen LogP contribution is 2.30. The van der Waals surface area contributed by atoms with Crippen molar-refractivity contribution in [2.75, 3.05) is 19.7 Å².